The maximum absolute atomic E-state index is 5.52. The maximum Gasteiger partial charge on any atom is 0.144 e. The molecule has 5 nitrogen and oxygen atoms in total. The van der Waals surface area contributed by atoms with Gasteiger partial charge >= 0.3 is 0 Å². The van der Waals surface area contributed by atoms with Crippen molar-refractivity contribution in [3.63, 3.8) is 0 Å². The lowest BCUT2D eigenvalue weighted by molar-refractivity contribution is 0.0623. The summed E-state index contributed by atoms with van der Waals surface area (Å²) in [6, 6.07) is 1.94. The zero-order valence-corrected chi connectivity index (χ0v) is 12.0. The van der Waals surface area contributed by atoms with Gasteiger partial charge in [-0.15, -0.1) is 0 Å². The number of nitrogens with zero attached hydrogens (tertiary/aromatic N) is 3. The molecule has 0 saturated heterocycles. The molecule has 1 aromatic rings. The Labute approximate surface area is 110 Å². The zero-order valence-electron chi connectivity index (χ0n) is 12.0. The van der Waals surface area contributed by atoms with Crippen LogP contribution in [0.15, 0.2) is 6.07 Å². The third-order valence-corrected chi connectivity index (χ3v) is 2.49. The maximum atomic E-state index is 5.52. The van der Waals surface area contributed by atoms with E-state index < -0.39 is 0 Å². The normalized spacial score (nSPS) is 11.3. The first-order valence-electron chi connectivity index (χ1n) is 6.33. The molecular weight excluding hydrogens is 228 g/mol. The van der Waals surface area contributed by atoms with Crippen molar-refractivity contribution in [2.45, 2.75) is 33.4 Å². The molecule has 1 aromatic heterocycles. The highest BCUT2D eigenvalue weighted by Gasteiger charge is 2.05. The van der Waals surface area contributed by atoms with Crippen molar-refractivity contribution in [2.24, 2.45) is 0 Å². The molecule has 0 saturated carbocycles. The van der Waals surface area contributed by atoms with Crippen LogP contribution in [0.5, 0.6) is 0 Å². The predicted molar refractivity (Wildman–Crippen MR) is 73.7 cm³/mol. The summed E-state index contributed by atoms with van der Waals surface area (Å²) in [5.41, 5.74) is 0.983. The van der Waals surface area contributed by atoms with Gasteiger partial charge in [0.2, 0.25) is 0 Å². The van der Waals surface area contributed by atoms with Crippen LogP contribution < -0.4 is 5.32 Å². The first kappa shape index (κ1) is 14.9. The summed E-state index contributed by atoms with van der Waals surface area (Å²) in [5.74, 6) is 1.70. The standard InChI is InChI=1S/C13H24N4O/c1-10(2)18-7-6-17(5)9-13-15-11(3)8-12(14-4)16-13/h8,10H,6-7,9H2,1-5H3,(H,14,15,16). The van der Waals surface area contributed by atoms with Crippen molar-refractivity contribution in [3.8, 4) is 0 Å². The first-order chi connectivity index (χ1) is 8.51. The number of ether oxygens (including phenoxy) is 1. The van der Waals surface area contributed by atoms with Crippen molar-refractivity contribution in [1.29, 1.82) is 0 Å². The average Bonchev–Trinajstić information content (AvgIpc) is 2.27. The molecule has 0 amide bonds. The van der Waals surface area contributed by atoms with Gasteiger partial charge in [0.15, 0.2) is 0 Å². The van der Waals surface area contributed by atoms with Crippen LogP contribution in [0, 0.1) is 6.92 Å². The van der Waals surface area contributed by atoms with Crippen LogP contribution >= 0.6 is 0 Å². The van der Waals surface area contributed by atoms with E-state index in [0.717, 1.165) is 37.0 Å². The quantitative estimate of drug-likeness (QED) is 0.800. The number of hydrogen-bond donors (Lipinski definition) is 1. The lowest BCUT2D eigenvalue weighted by atomic mass is 10.4. The number of hydrogen-bond acceptors (Lipinski definition) is 5. The molecule has 102 valence electrons. The molecule has 1 rings (SSSR count). The molecule has 0 aliphatic carbocycles. The molecule has 1 heterocycles. The van der Waals surface area contributed by atoms with E-state index >= 15 is 0 Å². The number of anilines is 1. The van der Waals surface area contributed by atoms with E-state index in [9.17, 15) is 0 Å². The van der Waals surface area contributed by atoms with Crippen molar-refractivity contribution >= 4 is 5.82 Å². The Morgan fingerprint density at radius 3 is 2.72 bits per heavy atom. The lowest BCUT2D eigenvalue weighted by Crippen LogP contribution is -2.25. The molecule has 18 heavy (non-hydrogen) atoms. The summed E-state index contributed by atoms with van der Waals surface area (Å²) in [7, 11) is 3.92. The Kier molecular flexibility index (Phi) is 6.01. The predicted octanol–water partition coefficient (Wildman–Crippen LogP) is 1.68. The molecule has 0 aromatic carbocycles. The number of rotatable bonds is 7. The Bertz CT molecular complexity index is 368. The lowest BCUT2D eigenvalue weighted by Gasteiger charge is -2.17. The first-order valence-corrected chi connectivity index (χ1v) is 6.33. The van der Waals surface area contributed by atoms with Gasteiger partial charge in [-0.2, -0.15) is 0 Å². The Morgan fingerprint density at radius 1 is 1.39 bits per heavy atom. The average molecular weight is 252 g/mol. The SMILES string of the molecule is CNc1cc(C)nc(CN(C)CCOC(C)C)n1. The van der Waals surface area contributed by atoms with E-state index in [1.165, 1.54) is 0 Å². The molecule has 5 heteroatoms. The highest BCUT2D eigenvalue weighted by molar-refractivity contribution is 5.34. The zero-order chi connectivity index (χ0) is 13.5. The van der Waals surface area contributed by atoms with Gasteiger partial charge in [-0.1, -0.05) is 0 Å². The molecule has 0 spiro atoms. The van der Waals surface area contributed by atoms with Gasteiger partial charge in [-0.3, -0.25) is 4.90 Å². The summed E-state index contributed by atoms with van der Waals surface area (Å²) < 4.78 is 5.52. The fraction of sp³-hybridized carbons (Fsp3) is 0.692. The van der Waals surface area contributed by atoms with E-state index in [4.69, 9.17) is 4.74 Å². The minimum Gasteiger partial charge on any atom is -0.377 e. The topological polar surface area (TPSA) is 50.3 Å². The van der Waals surface area contributed by atoms with Gasteiger partial charge in [-0.05, 0) is 27.8 Å². The molecule has 1 N–H and O–H groups in total. The fourth-order valence-corrected chi connectivity index (χ4v) is 1.59. The van der Waals surface area contributed by atoms with Crippen molar-refractivity contribution < 1.29 is 4.74 Å². The van der Waals surface area contributed by atoms with Gasteiger partial charge in [0.1, 0.15) is 11.6 Å². The van der Waals surface area contributed by atoms with E-state index in [1.54, 1.807) is 0 Å². The molecule has 0 bridgehead atoms. The third-order valence-electron chi connectivity index (χ3n) is 2.49. The summed E-state index contributed by atoms with van der Waals surface area (Å²) in [5, 5.41) is 3.05. The second-order valence-corrected chi connectivity index (χ2v) is 4.72. The van der Waals surface area contributed by atoms with Crippen LogP contribution in [0.2, 0.25) is 0 Å². The number of likely N-dealkylation sites (N-methyl/N-ethyl adjacent to an activating group) is 1. The second kappa shape index (κ2) is 7.28. The summed E-state index contributed by atoms with van der Waals surface area (Å²) in [6.45, 7) is 8.42. The van der Waals surface area contributed by atoms with Gasteiger partial charge in [0.25, 0.3) is 0 Å². The molecular formula is C13H24N4O. The van der Waals surface area contributed by atoms with E-state index in [0.29, 0.717) is 0 Å². The van der Waals surface area contributed by atoms with E-state index in [2.05, 4.69) is 27.2 Å². The van der Waals surface area contributed by atoms with Crippen molar-refractivity contribution in [3.05, 3.63) is 17.6 Å². The van der Waals surface area contributed by atoms with Crippen molar-refractivity contribution in [1.82, 2.24) is 14.9 Å². The minimum atomic E-state index is 0.282. The van der Waals surface area contributed by atoms with E-state index in [-0.39, 0.29) is 6.10 Å². The molecule has 0 unspecified atom stereocenters. The molecule has 0 aliphatic rings. The summed E-state index contributed by atoms with van der Waals surface area (Å²) >= 11 is 0. The van der Waals surface area contributed by atoms with Crippen LogP contribution in [-0.4, -0.2) is 48.2 Å². The third kappa shape index (κ3) is 5.42. The summed E-state index contributed by atoms with van der Waals surface area (Å²) in [4.78, 5) is 11.0. The summed E-state index contributed by atoms with van der Waals surface area (Å²) in [6.07, 6.45) is 0.282. The van der Waals surface area contributed by atoms with Crippen LogP contribution in [0.3, 0.4) is 0 Å². The second-order valence-electron chi connectivity index (χ2n) is 4.72. The van der Waals surface area contributed by atoms with Gasteiger partial charge in [-0.25, -0.2) is 9.97 Å². The van der Waals surface area contributed by atoms with Gasteiger partial charge in [0.05, 0.1) is 19.3 Å². The highest BCUT2D eigenvalue weighted by Crippen LogP contribution is 2.06. The van der Waals surface area contributed by atoms with Crippen LogP contribution in [0.25, 0.3) is 0 Å². The monoisotopic (exact) mass is 252 g/mol. The highest BCUT2D eigenvalue weighted by atomic mass is 16.5. The largest absolute Gasteiger partial charge is 0.377 e. The Hall–Kier alpha value is -1.20. The molecule has 0 fully saturated rings. The Balaban J connectivity index is 2.48. The molecule has 0 atom stereocenters. The van der Waals surface area contributed by atoms with Gasteiger partial charge < -0.3 is 10.1 Å². The molecule has 0 radical (unpaired) electrons. The Morgan fingerprint density at radius 2 is 2.11 bits per heavy atom. The fourth-order valence-electron chi connectivity index (χ4n) is 1.59. The van der Waals surface area contributed by atoms with Crippen LogP contribution in [0.1, 0.15) is 25.4 Å². The number of aryl methyl sites for hydroxylation is 1. The van der Waals surface area contributed by atoms with Crippen LogP contribution in [0.4, 0.5) is 5.82 Å². The number of nitrogens with one attached hydrogen (secondary N) is 1. The molecule has 0 aliphatic heterocycles. The minimum absolute atomic E-state index is 0.282. The van der Waals surface area contributed by atoms with Crippen molar-refractivity contribution in [2.75, 3.05) is 32.6 Å². The van der Waals surface area contributed by atoms with E-state index in [1.807, 2.05) is 33.9 Å². The smallest absolute Gasteiger partial charge is 0.144 e. The van der Waals surface area contributed by atoms with Crippen LogP contribution in [-0.2, 0) is 11.3 Å². The number of aromatic nitrogens is 2. The van der Waals surface area contributed by atoms with Gasteiger partial charge in [0, 0.05) is 25.4 Å².